The van der Waals surface area contributed by atoms with E-state index in [0.717, 1.165) is 6.07 Å². The minimum atomic E-state index is -1.19. The van der Waals surface area contributed by atoms with E-state index in [1.807, 2.05) is 41.5 Å². The molecule has 35 heteroatoms. The van der Waals surface area contributed by atoms with Gasteiger partial charge < -0.3 is 76.0 Å². The summed E-state index contributed by atoms with van der Waals surface area (Å²) in [7, 11) is 9.24. The number of primary amides is 1. The number of imide groups is 2. The molecule has 632 valence electrons. The first kappa shape index (κ1) is 93.5. The maximum absolute atomic E-state index is 15.1. The number of nitrogens with two attached hydrogens (primary N) is 1. The van der Waals surface area contributed by atoms with Crippen LogP contribution in [0.15, 0.2) is 42.5 Å². The van der Waals surface area contributed by atoms with E-state index in [9.17, 15) is 71.5 Å². The summed E-state index contributed by atoms with van der Waals surface area (Å²) in [6.07, 6.45) is -1.31. The summed E-state index contributed by atoms with van der Waals surface area (Å²) in [5.74, 6) is -9.42. The number of benzene rings is 2. The van der Waals surface area contributed by atoms with Crippen LogP contribution >= 0.6 is 11.8 Å². The number of rotatable bonds is 46. The predicted octanol–water partition coefficient (Wildman–Crippen LogP) is 5.32. The van der Waals surface area contributed by atoms with Crippen LogP contribution in [0.5, 0.6) is 5.75 Å². The lowest BCUT2D eigenvalue weighted by molar-refractivity contribution is -0.198. The molecule has 3 heterocycles. The summed E-state index contributed by atoms with van der Waals surface area (Å²) in [5, 5.41) is 16.2. The quantitative estimate of drug-likeness (QED) is 0.0191. The number of hydrogen-bond donors (Lipinski definition) is 7. The van der Waals surface area contributed by atoms with Crippen molar-refractivity contribution in [1.29, 1.82) is 0 Å². The summed E-state index contributed by atoms with van der Waals surface area (Å²) in [6.45, 7) is 15.4. The maximum atomic E-state index is 15.1. The first-order valence-corrected chi connectivity index (χ1v) is 40.0. The number of urea groups is 1. The summed E-state index contributed by atoms with van der Waals surface area (Å²) in [5.41, 5.74) is 5.51. The number of halogens is 1. The van der Waals surface area contributed by atoms with Gasteiger partial charge in [-0.05, 0) is 118 Å². The normalized spacial score (nSPS) is 18.9. The van der Waals surface area contributed by atoms with Crippen LogP contribution in [0.3, 0.4) is 0 Å². The summed E-state index contributed by atoms with van der Waals surface area (Å²) < 4.78 is 43.2. The molecule has 12 atom stereocenters. The zero-order chi connectivity index (χ0) is 84.6. The zero-order valence-electron chi connectivity index (χ0n) is 68.2. The van der Waals surface area contributed by atoms with Crippen molar-refractivity contribution in [3.8, 4) is 5.75 Å². The molecular formula is C79H117FN12O21S. The number of anilines is 1. The van der Waals surface area contributed by atoms with E-state index < -0.39 is 161 Å². The van der Waals surface area contributed by atoms with Gasteiger partial charge in [0.2, 0.25) is 53.2 Å². The molecule has 3 saturated heterocycles. The lowest BCUT2D eigenvalue weighted by Crippen LogP contribution is -2.59. The largest absolute Gasteiger partial charge is 0.508 e. The molecule has 1 aliphatic carbocycles. The number of ketones is 1. The van der Waals surface area contributed by atoms with Crippen molar-refractivity contribution in [2.45, 2.75) is 225 Å². The number of carbonyl (C=O) groups excluding carboxylic acids is 15. The highest BCUT2D eigenvalue weighted by Crippen LogP contribution is 2.52. The summed E-state index contributed by atoms with van der Waals surface area (Å²) >= 11 is 1.29. The molecular weight excluding hydrogens is 1500 g/mol. The Morgan fingerprint density at radius 2 is 1.41 bits per heavy atom. The van der Waals surface area contributed by atoms with Gasteiger partial charge in [0.25, 0.3) is 11.8 Å². The number of hydroxylamine groups is 2. The molecule has 3 unspecified atom stereocenters. The highest BCUT2D eigenvalue weighted by Gasteiger charge is 2.50. The molecule has 0 bridgehead atoms. The molecule has 114 heavy (non-hydrogen) atoms. The minimum Gasteiger partial charge on any atom is -0.494 e. The molecule has 0 spiro atoms. The number of carbonyl (C=O) groups is 15. The molecule has 1 saturated carbocycles. The van der Waals surface area contributed by atoms with Crippen molar-refractivity contribution in [2.24, 2.45) is 40.7 Å². The fourth-order valence-electron chi connectivity index (χ4n) is 14.5. The minimum absolute atomic E-state index is 0.00215. The number of likely N-dealkylation sites (tertiary alicyclic amines) is 2. The van der Waals surface area contributed by atoms with Crippen molar-refractivity contribution >= 4 is 106 Å². The molecule has 33 nitrogen and oxygen atoms in total. The van der Waals surface area contributed by atoms with E-state index in [4.69, 9.17) is 34.3 Å². The van der Waals surface area contributed by atoms with Crippen LogP contribution in [0.2, 0.25) is 0 Å². The van der Waals surface area contributed by atoms with Crippen LogP contribution < -0.4 is 42.4 Å². The Bertz CT molecular complexity index is 3730. The monoisotopic (exact) mass is 1620 g/mol. The third kappa shape index (κ3) is 26.6. The predicted molar refractivity (Wildman–Crippen MR) is 416 cm³/mol. The second-order valence-electron chi connectivity index (χ2n) is 31.2. The van der Waals surface area contributed by atoms with Crippen LogP contribution in [0, 0.1) is 40.8 Å². The Morgan fingerprint density at radius 1 is 0.746 bits per heavy atom. The number of thioether (sulfide) groups is 1. The SMILES string of the molecule is CC[C@H](C)C([C@@H](CC(=O)N1C[C@@H](OC(=O)OCc2ccc(NC(=O)C(CCCNC(N)=O)NC(=O)[C@@H](NC(=O)CCCCCN3C(=O)CC(SCC4(CC(=O)ON5C(=O)CCC5=O)CC4)C3=O)C(C)C)cc2)C[C@H]1[C@H](OC)[C@@H](C)C(=O)NCC(=O)c1ccc(OC)c(F)c1)OC)N(C)C(=O)[C@@H](NC(=O)[C@H](C(C)C)N(C)C)C(C)C. The molecule has 0 radical (unpaired) electrons. The third-order valence-corrected chi connectivity index (χ3v) is 22.9. The van der Waals surface area contributed by atoms with Crippen molar-refractivity contribution in [3.63, 3.8) is 0 Å². The standard InChI is InChI=1S/C79H117FN12O21S/c1-16-47(8)69(89(12)76(105)67(45(4)5)87-74(103)68(46(6)7)88(10)11)58(109-14)37-63(97)91-41-52(36-55(91)70(110-15)48(9)71(100)83-40-56(93)50-25-28-57(108-13)53(80)35-50)112-78(107)111-42-49-23-26-51(27-24-49)84-72(101)54(21-20-33-82-77(81)106)85-73(102)66(44(2)3)86-60(94)22-18-17-19-34-90-64(98)38-59(75(90)104)114-43-79(31-32-79)39-65(99)113-92-61(95)29-30-62(92)96/h23-28,35,44-48,52,54-55,58-59,66-70H,16-22,29-34,36-43H2,1-15H3,(H,83,100)(H,84,101)(H,85,102)(H,86,94)(H,87,103)(H3,81,82,106)/t47-,48+,52-,54?,55-,58+,59?,66-,67-,68-,69?,70+/m0/s1. The van der Waals surface area contributed by atoms with Crippen molar-refractivity contribution in [1.82, 2.24) is 51.2 Å². The van der Waals surface area contributed by atoms with Gasteiger partial charge in [-0.25, -0.2) is 18.8 Å². The lowest BCUT2D eigenvalue weighted by atomic mass is 9.89. The number of methoxy groups -OCH3 is 3. The van der Waals surface area contributed by atoms with Gasteiger partial charge in [-0.3, -0.25) is 67.3 Å². The molecule has 2 aromatic rings. The van der Waals surface area contributed by atoms with Gasteiger partial charge in [-0.2, -0.15) is 0 Å². The summed E-state index contributed by atoms with van der Waals surface area (Å²) in [4.78, 5) is 211. The highest BCUT2D eigenvalue weighted by atomic mass is 32.2. The topological polar surface area (TPSA) is 426 Å². The van der Waals surface area contributed by atoms with E-state index in [1.165, 1.54) is 79.0 Å². The summed E-state index contributed by atoms with van der Waals surface area (Å²) in [6, 6.07) is 3.58. The number of hydrogen-bond acceptors (Lipinski definition) is 23. The van der Waals surface area contributed by atoms with Gasteiger partial charge in [0, 0.05) is 83.5 Å². The van der Waals surface area contributed by atoms with E-state index in [2.05, 4.69) is 31.9 Å². The third-order valence-electron chi connectivity index (χ3n) is 21.3. The zero-order valence-corrected chi connectivity index (χ0v) is 69.0. The number of amides is 13. The van der Waals surface area contributed by atoms with Gasteiger partial charge in [0.1, 0.15) is 30.8 Å². The van der Waals surface area contributed by atoms with E-state index in [1.54, 1.807) is 52.0 Å². The van der Waals surface area contributed by atoms with E-state index >= 15 is 4.79 Å². The van der Waals surface area contributed by atoms with Gasteiger partial charge in [-0.1, -0.05) is 87.3 Å². The van der Waals surface area contributed by atoms with Gasteiger partial charge in [-0.15, -0.1) is 16.8 Å². The van der Waals surface area contributed by atoms with Crippen molar-refractivity contribution < 1.29 is 105 Å². The number of Topliss-reactive ketones (excluding diaryl/α,β-unsaturated/α-hetero) is 1. The molecule has 6 rings (SSSR count). The Hall–Kier alpha value is -9.35. The fraction of sp³-hybridized carbons (Fsp3) is 0.658. The van der Waals surface area contributed by atoms with Crippen LogP contribution in [-0.2, 0) is 87.9 Å². The van der Waals surface area contributed by atoms with Gasteiger partial charge >= 0.3 is 18.2 Å². The number of nitrogens with one attached hydrogen (secondary N) is 6. The molecule has 13 amide bonds. The Balaban J connectivity index is 1.06. The van der Waals surface area contributed by atoms with Crippen molar-refractivity contribution in [3.05, 3.63) is 59.4 Å². The Kier molecular flexibility index (Phi) is 36.0. The van der Waals surface area contributed by atoms with Crippen LogP contribution in [0.25, 0.3) is 0 Å². The number of unbranched alkanes of at least 4 members (excludes halogenated alkanes) is 2. The fourth-order valence-corrected chi connectivity index (χ4v) is 16.0. The number of nitrogens with zero attached hydrogens (tertiary/aromatic N) is 5. The van der Waals surface area contributed by atoms with Crippen LogP contribution in [-0.4, -0.2) is 248 Å². The van der Waals surface area contributed by atoms with Crippen LogP contribution in [0.1, 0.15) is 175 Å². The average molecular weight is 1620 g/mol. The Morgan fingerprint density at radius 3 is 1.99 bits per heavy atom. The maximum Gasteiger partial charge on any atom is 0.508 e. The molecule has 3 aliphatic heterocycles. The smallest absolute Gasteiger partial charge is 0.494 e. The molecule has 2 aromatic carbocycles. The van der Waals surface area contributed by atoms with Crippen LogP contribution in [0.4, 0.5) is 19.7 Å². The molecule has 0 aromatic heterocycles. The molecule has 4 aliphatic rings. The van der Waals surface area contributed by atoms with E-state index in [-0.39, 0.29) is 137 Å². The number of ether oxygens (including phenoxy) is 5. The highest BCUT2D eigenvalue weighted by molar-refractivity contribution is 8.00. The van der Waals surface area contributed by atoms with Gasteiger partial charge in [0.15, 0.2) is 17.3 Å². The van der Waals surface area contributed by atoms with Crippen molar-refractivity contribution in [2.75, 3.05) is 79.7 Å². The molecule has 8 N–H and O–H groups in total. The van der Waals surface area contributed by atoms with Gasteiger partial charge in [0.05, 0.1) is 74.5 Å². The first-order chi connectivity index (χ1) is 53.9. The molecule has 4 fully saturated rings. The second kappa shape index (κ2) is 43.9. The lowest BCUT2D eigenvalue weighted by Gasteiger charge is -2.41. The Labute approximate surface area is 670 Å². The van der Waals surface area contributed by atoms with E-state index in [0.29, 0.717) is 54.9 Å². The number of likely N-dealkylation sites (N-methyl/N-ethyl adjacent to an activating group) is 2. The average Bonchev–Trinajstić information content (AvgIpc) is 1.55. The second-order valence-corrected chi connectivity index (χ2v) is 32.4. The first-order valence-electron chi connectivity index (χ1n) is 39.0.